The van der Waals surface area contributed by atoms with Gasteiger partial charge >= 0.3 is 0 Å². The Bertz CT molecular complexity index is 1280. The van der Waals surface area contributed by atoms with Crippen LogP contribution in [0.15, 0.2) is 54.9 Å². The first-order chi connectivity index (χ1) is 16.4. The van der Waals surface area contributed by atoms with Gasteiger partial charge in [-0.05, 0) is 44.2 Å². The fourth-order valence-electron chi connectivity index (χ4n) is 3.63. The van der Waals surface area contributed by atoms with Crippen LogP contribution in [0.1, 0.15) is 27.3 Å². The summed E-state index contributed by atoms with van der Waals surface area (Å²) in [5.41, 5.74) is 5.05. The second kappa shape index (κ2) is 11.1. The minimum Gasteiger partial charge on any atom is -0.495 e. The summed E-state index contributed by atoms with van der Waals surface area (Å²) in [5.74, 6) is 0.830. The highest BCUT2D eigenvalue weighted by atomic mass is 16.5. The number of rotatable bonds is 7. The Kier molecular flexibility index (Phi) is 7.97. The maximum atomic E-state index is 12.1. The van der Waals surface area contributed by atoms with Gasteiger partial charge < -0.3 is 19.4 Å². The number of aldehydes is 1. The molecule has 34 heavy (non-hydrogen) atoms. The number of nitrogens with zero attached hydrogens (tertiary/aromatic N) is 3. The van der Waals surface area contributed by atoms with E-state index in [0.717, 1.165) is 33.5 Å². The monoisotopic (exact) mass is 460 g/mol. The predicted molar refractivity (Wildman–Crippen MR) is 132 cm³/mol. The van der Waals surface area contributed by atoms with Crippen molar-refractivity contribution in [1.82, 2.24) is 14.5 Å². The molecule has 1 aromatic carbocycles. The molecule has 3 aromatic heterocycles. The summed E-state index contributed by atoms with van der Waals surface area (Å²) in [6.07, 6.45) is 3.74. The Hall–Kier alpha value is -4.20. The van der Waals surface area contributed by atoms with Crippen LogP contribution < -0.4 is 14.8 Å². The zero-order chi connectivity index (χ0) is 24.7. The number of fused-ring (bicyclic) bond motifs is 1. The van der Waals surface area contributed by atoms with Crippen LogP contribution in [0, 0.1) is 13.8 Å². The molecule has 0 atom stereocenters. The first kappa shape index (κ1) is 24.4. The van der Waals surface area contributed by atoms with E-state index in [4.69, 9.17) is 9.47 Å². The van der Waals surface area contributed by atoms with Gasteiger partial charge in [-0.1, -0.05) is 11.6 Å². The van der Waals surface area contributed by atoms with Gasteiger partial charge in [-0.15, -0.1) is 0 Å². The Labute approximate surface area is 198 Å². The van der Waals surface area contributed by atoms with E-state index >= 15 is 0 Å². The number of nitrogens with one attached hydrogen (secondary N) is 1. The smallest absolute Gasteiger partial charge is 0.227 e. The second-order valence-electron chi connectivity index (χ2n) is 7.58. The van der Waals surface area contributed by atoms with Crippen LogP contribution >= 0.6 is 0 Å². The number of hydrogen-bond acceptors (Lipinski definition) is 7. The first-order valence-corrected chi connectivity index (χ1v) is 10.7. The molecule has 0 amide bonds. The third-order valence-corrected chi connectivity index (χ3v) is 5.42. The van der Waals surface area contributed by atoms with E-state index in [9.17, 15) is 9.59 Å². The summed E-state index contributed by atoms with van der Waals surface area (Å²) in [6.45, 7) is 4.34. The second-order valence-corrected chi connectivity index (χ2v) is 7.58. The fraction of sp³-hybridized carbons (Fsp3) is 0.231. The fourth-order valence-corrected chi connectivity index (χ4v) is 3.63. The molecule has 0 unspecified atom stereocenters. The number of Topliss-reactive ketones (excluding diaryl/α,β-unsaturated/α-hetero) is 1. The maximum Gasteiger partial charge on any atom is 0.227 e. The number of aromatic nitrogens is 3. The van der Waals surface area contributed by atoms with E-state index in [1.165, 1.54) is 0 Å². The lowest BCUT2D eigenvalue weighted by Crippen LogP contribution is -2.06. The molecule has 4 aromatic rings. The molecule has 0 aliphatic rings. The third kappa shape index (κ3) is 5.40. The van der Waals surface area contributed by atoms with Crippen molar-refractivity contribution in [1.29, 1.82) is 0 Å². The van der Waals surface area contributed by atoms with Gasteiger partial charge in [0, 0.05) is 41.6 Å². The van der Waals surface area contributed by atoms with E-state index in [1.54, 1.807) is 26.6 Å². The molecule has 8 nitrogen and oxygen atoms in total. The molecule has 0 bridgehead atoms. The summed E-state index contributed by atoms with van der Waals surface area (Å²) in [7, 11) is 5.05. The first-order valence-electron chi connectivity index (χ1n) is 10.7. The van der Waals surface area contributed by atoms with Crippen molar-refractivity contribution in [3.63, 3.8) is 0 Å². The lowest BCUT2D eigenvalue weighted by Gasteiger charge is -2.09. The number of hydrogen-bond donors (Lipinski definition) is 1. The number of carbonyl (C=O) groups excluding carboxylic acids is 2. The minimum absolute atomic E-state index is 0.375. The van der Waals surface area contributed by atoms with Crippen LogP contribution in [-0.2, 0) is 11.3 Å². The van der Waals surface area contributed by atoms with E-state index < -0.39 is 5.78 Å². The van der Waals surface area contributed by atoms with Crippen LogP contribution in [0.25, 0.3) is 10.9 Å². The van der Waals surface area contributed by atoms with Gasteiger partial charge in [0.2, 0.25) is 11.7 Å². The number of carbonyl (C=O) groups is 2. The van der Waals surface area contributed by atoms with Crippen molar-refractivity contribution in [2.45, 2.75) is 20.4 Å². The molecule has 0 radical (unpaired) electrons. The molecular formula is C26H28N4O4. The van der Waals surface area contributed by atoms with Crippen molar-refractivity contribution < 1.29 is 19.1 Å². The summed E-state index contributed by atoms with van der Waals surface area (Å²) in [4.78, 5) is 31.5. The molecule has 8 heteroatoms. The highest BCUT2D eigenvalue weighted by Crippen LogP contribution is 2.28. The Morgan fingerprint density at radius 2 is 1.85 bits per heavy atom. The van der Waals surface area contributed by atoms with E-state index in [0.29, 0.717) is 30.0 Å². The van der Waals surface area contributed by atoms with Crippen molar-refractivity contribution in [3.05, 3.63) is 77.4 Å². The highest BCUT2D eigenvalue weighted by molar-refractivity contribution is 6.37. The van der Waals surface area contributed by atoms with Crippen molar-refractivity contribution in [2.75, 3.05) is 26.6 Å². The highest BCUT2D eigenvalue weighted by Gasteiger charge is 2.19. The summed E-state index contributed by atoms with van der Waals surface area (Å²) in [6, 6.07) is 13.4. The van der Waals surface area contributed by atoms with Crippen LogP contribution in [-0.4, -0.2) is 47.9 Å². The average molecular weight is 461 g/mol. The topological polar surface area (TPSA) is 95.3 Å². The van der Waals surface area contributed by atoms with Crippen molar-refractivity contribution in [3.8, 4) is 11.6 Å². The van der Waals surface area contributed by atoms with E-state index in [1.807, 2.05) is 67.9 Å². The number of aryl methyl sites for hydroxylation is 1. The van der Waals surface area contributed by atoms with Gasteiger partial charge in [-0.2, -0.15) is 0 Å². The number of pyridine rings is 2. The normalized spacial score (nSPS) is 10.3. The van der Waals surface area contributed by atoms with Gasteiger partial charge in [-0.25, -0.2) is 4.98 Å². The van der Waals surface area contributed by atoms with Crippen LogP contribution in [0.3, 0.4) is 0 Å². The quantitative estimate of drug-likeness (QED) is 0.251. The van der Waals surface area contributed by atoms with Gasteiger partial charge in [0.05, 0.1) is 38.2 Å². The average Bonchev–Trinajstić information content (AvgIpc) is 3.14. The van der Waals surface area contributed by atoms with E-state index in [-0.39, 0.29) is 0 Å². The van der Waals surface area contributed by atoms with Gasteiger partial charge in [0.15, 0.2) is 6.29 Å². The largest absolute Gasteiger partial charge is 0.495 e. The SMILES string of the molecule is CNc1ccnc(OC)c1.COc1ccc(Cn2c(C)c(C(=O)C=O)c3cc(C)ccc32)nc1. The number of anilines is 1. The third-order valence-electron chi connectivity index (χ3n) is 5.42. The zero-order valence-corrected chi connectivity index (χ0v) is 20.0. The van der Waals surface area contributed by atoms with Crippen molar-refractivity contribution in [2.24, 2.45) is 0 Å². The molecule has 0 saturated heterocycles. The van der Waals surface area contributed by atoms with Crippen LogP contribution in [0.5, 0.6) is 11.6 Å². The zero-order valence-electron chi connectivity index (χ0n) is 20.0. The van der Waals surface area contributed by atoms with E-state index in [2.05, 4.69) is 15.3 Å². The summed E-state index contributed by atoms with van der Waals surface area (Å²) >= 11 is 0. The molecule has 1 N–H and O–H groups in total. The number of ether oxygens (including phenoxy) is 2. The number of benzene rings is 1. The lowest BCUT2D eigenvalue weighted by molar-refractivity contribution is -0.104. The van der Waals surface area contributed by atoms with Gasteiger partial charge in [0.25, 0.3) is 0 Å². The number of methoxy groups -OCH3 is 2. The van der Waals surface area contributed by atoms with Crippen LogP contribution in [0.2, 0.25) is 0 Å². The standard InChI is InChI=1S/C19H18N2O3.C7H10N2O/c1-12-4-7-17-16(8-12)19(18(23)11-22)13(2)21(17)10-14-5-6-15(24-3)9-20-14;1-8-6-3-4-9-7(5-6)10-2/h4-9,11H,10H2,1-3H3;3-5H,1-2H3,(H,8,9). The maximum absolute atomic E-state index is 12.1. The van der Waals surface area contributed by atoms with Gasteiger partial charge in [-0.3, -0.25) is 14.6 Å². The molecule has 0 aliphatic carbocycles. The Balaban J connectivity index is 0.000000271. The molecule has 0 fully saturated rings. The lowest BCUT2D eigenvalue weighted by atomic mass is 10.1. The molecular weight excluding hydrogens is 432 g/mol. The molecule has 176 valence electrons. The Morgan fingerprint density at radius 3 is 2.47 bits per heavy atom. The molecule has 4 rings (SSSR count). The number of ketones is 1. The minimum atomic E-state index is -0.496. The van der Waals surface area contributed by atoms with Gasteiger partial charge in [0.1, 0.15) is 5.75 Å². The molecule has 0 saturated carbocycles. The Morgan fingerprint density at radius 1 is 1.06 bits per heavy atom. The molecule has 3 heterocycles. The predicted octanol–water partition coefficient (Wildman–Crippen LogP) is 4.22. The van der Waals surface area contributed by atoms with Crippen molar-refractivity contribution >= 4 is 28.7 Å². The summed E-state index contributed by atoms with van der Waals surface area (Å²) in [5, 5.41) is 3.79. The summed E-state index contributed by atoms with van der Waals surface area (Å²) < 4.78 is 12.0. The van der Waals surface area contributed by atoms with Crippen LogP contribution in [0.4, 0.5) is 5.69 Å². The molecule has 0 aliphatic heterocycles. The molecule has 0 spiro atoms.